The number of hydrogen-bond acceptors (Lipinski definition) is 4. The lowest BCUT2D eigenvalue weighted by Crippen LogP contribution is -2.47. The lowest BCUT2D eigenvalue weighted by Gasteiger charge is -2.23. The van der Waals surface area contributed by atoms with Crippen LogP contribution in [-0.4, -0.2) is 41.5 Å². The first-order chi connectivity index (χ1) is 13.9. The van der Waals surface area contributed by atoms with E-state index in [1.165, 1.54) is 6.07 Å². The molecule has 2 aliphatic heterocycles. The molecule has 30 heavy (non-hydrogen) atoms. The molecule has 0 bridgehead atoms. The minimum Gasteiger partial charge on any atom is -0.494 e. The molecule has 7 heteroatoms. The molecule has 2 atom stereocenters. The van der Waals surface area contributed by atoms with Crippen LogP contribution in [0.1, 0.15) is 50.0 Å². The number of carbonyl (C=O) groups is 1. The van der Waals surface area contributed by atoms with Gasteiger partial charge < -0.3 is 9.64 Å². The maximum atomic E-state index is 14.6. The molecule has 1 aromatic carbocycles. The molecule has 3 heterocycles. The van der Waals surface area contributed by atoms with E-state index in [0.29, 0.717) is 17.9 Å². The van der Waals surface area contributed by atoms with Crippen LogP contribution in [0.4, 0.5) is 4.39 Å². The molecule has 2 aliphatic rings. The Hall–Kier alpha value is -2.18. The van der Waals surface area contributed by atoms with Crippen molar-refractivity contribution in [3.63, 3.8) is 0 Å². The van der Waals surface area contributed by atoms with E-state index >= 15 is 0 Å². The van der Waals surface area contributed by atoms with E-state index in [2.05, 4.69) is 5.32 Å². The van der Waals surface area contributed by atoms with Crippen LogP contribution >= 0.6 is 12.4 Å². The monoisotopic (exact) mass is 433 g/mol. The zero-order valence-electron chi connectivity index (χ0n) is 17.7. The fourth-order valence-electron chi connectivity index (χ4n) is 4.45. The van der Waals surface area contributed by atoms with Crippen molar-refractivity contribution in [2.45, 2.75) is 51.1 Å². The molecule has 1 spiro atoms. The highest BCUT2D eigenvalue weighted by molar-refractivity contribution is 5.88. The summed E-state index contributed by atoms with van der Waals surface area (Å²) in [6.07, 6.45) is 3.37. The molecule has 2 fully saturated rings. The fraction of sp³-hybridized carbons (Fsp3) is 0.478. The minimum absolute atomic E-state index is 0. The normalized spacial score (nSPS) is 23.1. The van der Waals surface area contributed by atoms with Crippen LogP contribution in [0.2, 0.25) is 0 Å². The lowest BCUT2D eigenvalue weighted by molar-refractivity contribution is -0.131. The molecule has 0 saturated carbocycles. The first kappa shape index (κ1) is 22.5. The van der Waals surface area contributed by atoms with E-state index in [1.807, 2.05) is 33.0 Å². The molecule has 0 radical (unpaired) electrons. The number of aryl methyl sites for hydroxylation is 1. The number of ether oxygens (including phenoxy) is 1. The van der Waals surface area contributed by atoms with Crippen molar-refractivity contribution < 1.29 is 13.9 Å². The molecular weight excluding hydrogens is 405 g/mol. The summed E-state index contributed by atoms with van der Waals surface area (Å²) < 4.78 is 20.3. The van der Waals surface area contributed by atoms with Crippen LogP contribution in [-0.2, 0) is 4.79 Å². The Morgan fingerprint density at radius 1 is 1.30 bits per heavy atom. The number of likely N-dealkylation sites (tertiary alicyclic amines) is 1. The van der Waals surface area contributed by atoms with E-state index in [9.17, 15) is 9.18 Å². The summed E-state index contributed by atoms with van der Waals surface area (Å²) in [4.78, 5) is 19.1. The van der Waals surface area contributed by atoms with Gasteiger partial charge >= 0.3 is 0 Å². The van der Waals surface area contributed by atoms with Gasteiger partial charge in [-0.25, -0.2) is 4.39 Å². The molecule has 1 N–H and O–H groups in total. The number of pyridine rings is 1. The molecule has 1 amide bonds. The Bertz CT molecular complexity index is 939. The average molecular weight is 434 g/mol. The van der Waals surface area contributed by atoms with Crippen LogP contribution in [0.5, 0.6) is 5.75 Å². The van der Waals surface area contributed by atoms with E-state index < -0.39 is 5.54 Å². The van der Waals surface area contributed by atoms with Crippen molar-refractivity contribution in [1.29, 1.82) is 0 Å². The van der Waals surface area contributed by atoms with E-state index in [-0.39, 0.29) is 30.2 Å². The van der Waals surface area contributed by atoms with Gasteiger partial charge in [0.05, 0.1) is 18.3 Å². The van der Waals surface area contributed by atoms with Crippen LogP contribution in [0.3, 0.4) is 0 Å². The Labute approximate surface area is 183 Å². The quantitative estimate of drug-likeness (QED) is 0.757. The second kappa shape index (κ2) is 8.90. The summed E-state index contributed by atoms with van der Waals surface area (Å²) in [6.45, 7) is 5.34. The smallest absolute Gasteiger partial charge is 0.242 e. The van der Waals surface area contributed by atoms with Crippen molar-refractivity contribution in [3.8, 4) is 16.9 Å². The van der Waals surface area contributed by atoms with Crippen LogP contribution in [0, 0.1) is 12.7 Å². The molecule has 4 rings (SSSR count). The molecular formula is C23H29ClFN3O2. The fourth-order valence-corrected chi connectivity index (χ4v) is 4.45. The summed E-state index contributed by atoms with van der Waals surface area (Å²) in [5.41, 5.74) is 2.51. The largest absolute Gasteiger partial charge is 0.494 e. The third-order valence-corrected chi connectivity index (χ3v) is 5.99. The number of rotatable bonds is 5. The number of carbonyl (C=O) groups excluding carboxylic acids is 1. The van der Waals surface area contributed by atoms with E-state index in [1.54, 1.807) is 17.0 Å². The Kier molecular flexibility index (Phi) is 6.68. The molecule has 2 aromatic rings. The number of hydrogen-bond donors (Lipinski definition) is 1. The SMILES string of the molecule is CCCOc1ccc(F)c(-c2cc(C)nc([C@H]3CC[C@@]4(CCN(C)C4=O)N3)c2)c1.Cl. The summed E-state index contributed by atoms with van der Waals surface area (Å²) in [7, 11) is 1.85. The van der Waals surface area contributed by atoms with Gasteiger partial charge in [-0.2, -0.15) is 0 Å². The van der Waals surface area contributed by atoms with Crippen molar-refractivity contribution in [2.24, 2.45) is 0 Å². The Morgan fingerprint density at radius 3 is 2.80 bits per heavy atom. The van der Waals surface area contributed by atoms with Gasteiger partial charge in [0.1, 0.15) is 17.1 Å². The van der Waals surface area contributed by atoms with E-state index in [4.69, 9.17) is 9.72 Å². The van der Waals surface area contributed by atoms with Gasteiger partial charge in [0, 0.05) is 24.8 Å². The number of likely N-dealkylation sites (N-methyl/N-ethyl adjacent to an activating group) is 1. The van der Waals surface area contributed by atoms with Crippen molar-refractivity contribution >= 4 is 18.3 Å². The zero-order chi connectivity index (χ0) is 20.6. The highest BCUT2D eigenvalue weighted by atomic mass is 35.5. The Balaban J connectivity index is 0.00000256. The predicted molar refractivity (Wildman–Crippen MR) is 117 cm³/mol. The van der Waals surface area contributed by atoms with Crippen LogP contribution < -0.4 is 10.1 Å². The van der Waals surface area contributed by atoms with Gasteiger partial charge in [-0.1, -0.05) is 6.92 Å². The standard InChI is InChI=1S/C23H28FN3O2.ClH/c1-4-11-29-17-5-6-19(24)18(14-17)16-12-15(2)25-21(13-16)20-7-8-23(26-20)9-10-27(3)22(23)28;/h5-6,12-14,20,26H,4,7-11H2,1-3H3;1H/t20-,23+;/m1./s1. The number of amides is 1. The summed E-state index contributed by atoms with van der Waals surface area (Å²) in [5, 5.41) is 3.55. The highest BCUT2D eigenvalue weighted by Crippen LogP contribution is 2.39. The minimum atomic E-state index is -0.468. The van der Waals surface area contributed by atoms with Crippen LogP contribution in [0.15, 0.2) is 30.3 Å². The summed E-state index contributed by atoms with van der Waals surface area (Å²) in [6, 6.07) is 8.69. The van der Waals surface area contributed by atoms with Crippen molar-refractivity contribution in [3.05, 3.63) is 47.5 Å². The summed E-state index contributed by atoms with van der Waals surface area (Å²) in [5.74, 6) is 0.547. The lowest BCUT2D eigenvalue weighted by atomic mass is 9.96. The molecule has 1 aromatic heterocycles. The number of nitrogens with one attached hydrogen (secondary N) is 1. The first-order valence-corrected chi connectivity index (χ1v) is 10.4. The second-order valence-electron chi connectivity index (χ2n) is 8.21. The number of halogens is 2. The van der Waals surface area contributed by atoms with Gasteiger partial charge in [0.25, 0.3) is 0 Å². The summed E-state index contributed by atoms with van der Waals surface area (Å²) >= 11 is 0. The highest BCUT2D eigenvalue weighted by Gasteiger charge is 2.50. The van der Waals surface area contributed by atoms with Crippen LogP contribution in [0.25, 0.3) is 11.1 Å². The average Bonchev–Trinajstić information content (AvgIpc) is 3.27. The molecule has 0 aliphatic carbocycles. The van der Waals surface area contributed by atoms with E-state index in [0.717, 1.165) is 49.2 Å². The first-order valence-electron chi connectivity index (χ1n) is 10.4. The third-order valence-electron chi connectivity index (χ3n) is 5.99. The van der Waals surface area contributed by atoms with Gasteiger partial charge in [0.2, 0.25) is 5.91 Å². The zero-order valence-corrected chi connectivity index (χ0v) is 18.5. The third kappa shape index (κ3) is 4.16. The molecule has 2 saturated heterocycles. The van der Waals surface area contributed by atoms with Gasteiger partial charge in [0.15, 0.2) is 0 Å². The number of benzene rings is 1. The topological polar surface area (TPSA) is 54.5 Å². The van der Waals surface area contributed by atoms with Gasteiger partial charge in [-0.15, -0.1) is 12.4 Å². The number of nitrogens with zero attached hydrogens (tertiary/aromatic N) is 2. The number of aromatic nitrogens is 1. The van der Waals surface area contributed by atoms with Crippen molar-refractivity contribution in [1.82, 2.24) is 15.2 Å². The van der Waals surface area contributed by atoms with Gasteiger partial charge in [-0.3, -0.25) is 15.1 Å². The predicted octanol–water partition coefficient (Wildman–Crippen LogP) is 4.43. The maximum absolute atomic E-state index is 14.6. The second-order valence-corrected chi connectivity index (χ2v) is 8.21. The maximum Gasteiger partial charge on any atom is 0.242 e. The molecule has 5 nitrogen and oxygen atoms in total. The molecule has 162 valence electrons. The Morgan fingerprint density at radius 2 is 2.10 bits per heavy atom. The molecule has 0 unspecified atom stereocenters. The van der Waals surface area contributed by atoms with Crippen molar-refractivity contribution in [2.75, 3.05) is 20.2 Å². The van der Waals surface area contributed by atoms with Gasteiger partial charge in [-0.05, 0) is 68.5 Å².